The summed E-state index contributed by atoms with van der Waals surface area (Å²) in [4.78, 5) is 12.8. The van der Waals surface area contributed by atoms with Crippen LogP contribution in [0.3, 0.4) is 0 Å². The number of carbonyl (C=O) groups is 1. The first-order chi connectivity index (χ1) is 9.61. The second-order valence-electron chi connectivity index (χ2n) is 5.88. The molecule has 0 aliphatic carbocycles. The fraction of sp³-hybridized carbons (Fsp3) is 0.562. The Morgan fingerprint density at radius 1 is 1.25 bits per heavy atom. The molecule has 0 N–H and O–H groups in total. The molecule has 0 radical (unpaired) electrons. The lowest BCUT2D eigenvalue weighted by Gasteiger charge is -2.27. The molecule has 1 amide bonds. The highest BCUT2D eigenvalue weighted by Crippen LogP contribution is 2.45. The average Bonchev–Trinajstić information content (AvgIpc) is 2.99. The molecule has 0 bridgehead atoms. The first-order valence-electron chi connectivity index (χ1n) is 7.45. The number of hydrogen-bond acceptors (Lipinski definition) is 2. The molecule has 0 unspecified atom stereocenters. The topological polar surface area (TPSA) is 23.6 Å². The fourth-order valence-electron chi connectivity index (χ4n) is 3.55. The Morgan fingerprint density at radius 3 is 2.50 bits per heavy atom. The fourth-order valence-corrected chi connectivity index (χ4v) is 3.55. The van der Waals surface area contributed by atoms with E-state index in [1.165, 1.54) is 12.1 Å². The predicted octanol–water partition coefficient (Wildman–Crippen LogP) is 3.14. The monoisotopic (exact) mass is 276 g/mol. The van der Waals surface area contributed by atoms with Gasteiger partial charge in [-0.25, -0.2) is 9.40 Å². The van der Waals surface area contributed by atoms with E-state index in [0.29, 0.717) is 0 Å². The number of hydrazine groups is 1. The molecule has 3 rings (SSSR count). The van der Waals surface area contributed by atoms with Crippen molar-refractivity contribution in [3.8, 4) is 0 Å². The highest BCUT2D eigenvalue weighted by Gasteiger charge is 2.53. The van der Waals surface area contributed by atoms with Crippen LogP contribution in [0, 0.1) is 11.2 Å². The lowest BCUT2D eigenvalue weighted by molar-refractivity contribution is -0.143. The molecule has 0 aromatic heterocycles. The number of halogens is 1. The summed E-state index contributed by atoms with van der Waals surface area (Å²) in [5.74, 6) is 0.0159. The zero-order valence-electron chi connectivity index (χ0n) is 12.1. The van der Waals surface area contributed by atoms with E-state index < -0.39 is 0 Å². The largest absolute Gasteiger partial charge is 0.273 e. The van der Waals surface area contributed by atoms with Crippen LogP contribution in [-0.2, 0) is 4.79 Å². The van der Waals surface area contributed by atoms with Crippen LogP contribution < -0.4 is 0 Å². The van der Waals surface area contributed by atoms with Crippen molar-refractivity contribution in [1.29, 1.82) is 0 Å². The van der Waals surface area contributed by atoms with Crippen LogP contribution in [0.5, 0.6) is 0 Å². The van der Waals surface area contributed by atoms with Gasteiger partial charge in [0, 0.05) is 13.1 Å². The van der Waals surface area contributed by atoms with Crippen molar-refractivity contribution in [3.05, 3.63) is 35.6 Å². The molecule has 0 saturated carbocycles. The molecule has 108 valence electrons. The molecule has 4 heteroatoms. The Hall–Kier alpha value is -1.42. The van der Waals surface area contributed by atoms with Gasteiger partial charge in [0.1, 0.15) is 5.82 Å². The SMILES string of the molecule is CCC1(CC)CN2CC[C@H](c3ccc(F)cc3)N2C1=O. The van der Waals surface area contributed by atoms with Crippen molar-refractivity contribution in [2.75, 3.05) is 13.1 Å². The molecule has 3 nitrogen and oxygen atoms in total. The molecular formula is C16H21FN2O. The van der Waals surface area contributed by atoms with E-state index in [2.05, 4.69) is 18.9 Å². The molecule has 1 aromatic rings. The zero-order valence-corrected chi connectivity index (χ0v) is 12.1. The third-order valence-corrected chi connectivity index (χ3v) is 5.02. The zero-order chi connectivity index (χ0) is 14.3. The minimum absolute atomic E-state index is 0.0723. The summed E-state index contributed by atoms with van der Waals surface area (Å²) >= 11 is 0. The van der Waals surface area contributed by atoms with E-state index in [1.807, 2.05) is 5.01 Å². The van der Waals surface area contributed by atoms with E-state index in [0.717, 1.165) is 37.9 Å². The smallest absolute Gasteiger partial charge is 0.245 e. The molecule has 2 aliphatic heterocycles. The van der Waals surface area contributed by atoms with Gasteiger partial charge < -0.3 is 0 Å². The van der Waals surface area contributed by atoms with Crippen molar-refractivity contribution in [3.63, 3.8) is 0 Å². The van der Waals surface area contributed by atoms with Gasteiger partial charge in [-0.05, 0) is 37.0 Å². The molecule has 1 aromatic carbocycles. The van der Waals surface area contributed by atoms with Gasteiger partial charge in [-0.1, -0.05) is 26.0 Å². The van der Waals surface area contributed by atoms with Gasteiger partial charge in [-0.15, -0.1) is 0 Å². The number of benzene rings is 1. The summed E-state index contributed by atoms with van der Waals surface area (Å²) in [6.07, 6.45) is 2.69. The van der Waals surface area contributed by atoms with Crippen molar-refractivity contribution in [1.82, 2.24) is 10.0 Å². The van der Waals surface area contributed by atoms with Crippen molar-refractivity contribution in [2.45, 2.75) is 39.2 Å². The summed E-state index contributed by atoms with van der Waals surface area (Å²) in [6, 6.07) is 6.63. The number of rotatable bonds is 3. The summed E-state index contributed by atoms with van der Waals surface area (Å²) in [5, 5.41) is 4.11. The van der Waals surface area contributed by atoms with Crippen LogP contribution in [0.15, 0.2) is 24.3 Å². The van der Waals surface area contributed by atoms with Crippen LogP contribution in [0.25, 0.3) is 0 Å². The number of nitrogens with zero attached hydrogens (tertiary/aromatic N) is 2. The van der Waals surface area contributed by atoms with Crippen molar-refractivity contribution < 1.29 is 9.18 Å². The summed E-state index contributed by atoms with van der Waals surface area (Å²) in [7, 11) is 0. The van der Waals surface area contributed by atoms with E-state index in [4.69, 9.17) is 0 Å². The van der Waals surface area contributed by atoms with Crippen LogP contribution in [-0.4, -0.2) is 29.0 Å². The molecule has 20 heavy (non-hydrogen) atoms. The Labute approximate surface area is 119 Å². The second-order valence-corrected chi connectivity index (χ2v) is 5.88. The van der Waals surface area contributed by atoms with Crippen LogP contribution in [0.1, 0.15) is 44.7 Å². The Morgan fingerprint density at radius 2 is 1.90 bits per heavy atom. The van der Waals surface area contributed by atoms with Crippen molar-refractivity contribution in [2.24, 2.45) is 5.41 Å². The molecule has 1 atom stereocenters. The quantitative estimate of drug-likeness (QED) is 0.846. The van der Waals surface area contributed by atoms with Crippen molar-refractivity contribution >= 4 is 5.91 Å². The minimum Gasteiger partial charge on any atom is -0.273 e. The van der Waals surface area contributed by atoms with Crippen LogP contribution in [0.2, 0.25) is 0 Å². The maximum atomic E-state index is 13.1. The molecule has 2 heterocycles. The number of carbonyl (C=O) groups excluding carboxylic acids is 1. The van der Waals surface area contributed by atoms with E-state index in [9.17, 15) is 9.18 Å². The molecule has 2 fully saturated rings. The second kappa shape index (κ2) is 4.85. The lowest BCUT2D eigenvalue weighted by atomic mass is 9.82. The highest BCUT2D eigenvalue weighted by atomic mass is 19.1. The number of hydrogen-bond donors (Lipinski definition) is 0. The maximum absolute atomic E-state index is 13.1. The molecule has 2 saturated heterocycles. The highest BCUT2D eigenvalue weighted by molar-refractivity contribution is 5.85. The number of fused-ring (bicyclic) bond motifs is 1. The summed E-state index contributed by atoms with van der Waals surface area (Å²) in [6.45, 7) is 5.93. The van der Waals surface area contributed by atoms with E-state index >= 15 is 0 Å². The Bertz CT molecular complexity index is 510. The first kappa shape index (κ1) is 13.6. The molecule has 2 aliphatic rings. The third kappa shape index (κ3) is 1.85. The van der Waals surface area contributed by atoms with Gasteiger partial charge >= 0.3 is 0 Å². The normalized spacial score (nSPS) is 25.2. The average molecular weight is 276 g/mol. The van der Waals surface area contributed by atoms with E-state index in [-0.39, 0.29) is 23.2 Å². The van der Waals surface area contributed by atoms with Gasteiger partial charge in [0.25, 0.3) is 0 Å². The minimum atomic E-state index is -0.229. The standard InChI is InChI=1S/C16H21FN2O/c1-3-16(4-2)11-18-10-9-14(19(18)15(16)20)12-5-7-13(17)8-6-12/h5-8,14H,3-4,9-11H2,1-2H3/t14-/m1/s1. The number of amides is 1. The third-order valence-electron chi connectivity index (χ3n) is 5.02. The van der Waals surface area contributed by atoms with Gasteiger partial charge in [0.2, 0.25) is 5.91 Å². The van der Waals surface area contributed by atoms with E-state index in [1.54, 1.807) is 12.1 Å². The van der Waals surface area contributed by atoms with Crippen LogP contribution >= 0.6 is 0 Å². The maximum Gasteiger partial charge on any atom is 0.245 e. The Kier molecular flexibility index (Phi) is 3.28. The van der Waals surface area contributed by atoms with Crippen LogP contribution in [0.4, 0.5) is 4.39 Å². The van der Waals surface area contributed by atoms with Gasteiger partial charge in [-0.3, -0.25) is 9.80 Å². The molecule has 0 spiro atoms. The van der Waals surface area contributed by atoms with Gasteiger partial charge in [0.05, 0.1) is 11.5 Å². The molecular weight excluding hydrogens is 255 g/mol. The Balaban J connectivity index is 1.90. The lowest BCUT2D eigenvalue weighted by Crippen LogP contribution is -2.36. The summed E-state index contributed by atoms with van der Waals surface area (Å²) in [5.41, 5.74) is 0.809. The summed E-state index contributed by atoms with van der Waals surface area (Å²) < 4.78 is 13.1. The first-order valence-corrected chi connectivity index (χ1v) is 7.45. The van der Waals surface area contributed by atoms with Gasteiger partial charge in [0.15, 0.2) is 0 Å². The van der Waals surface area contributed by atoms with Gasteiger partial charge in [-0.2, -0.15) is 0 Å². The predicted molar refractivity (Wildman–Crippen MR) is 75.2 cm³/mol.